The van der Waals surface area contributed by atoms with Gasteiger partial charge in [-0.1, -0.05) is 84.9 Å². The minimum atomic E-state index is 1.26. The van der Waals surface area contributed by atoms with Crippen molar-refractivity contribution in [1.29, 1.82) is 0 Å². The number of thiophene rings is 1. The van der Waals surface area contributed by atoms with Crippen LogP contribution in [0.2, 0.25) is 0 Å². The van der Waals surface area contributed by atoms with Crippen molar-refractivity contribution in [2.24, 2.45) is 0 Å². The molecule has 0 saturated heterocycles. The van der Waals surface area contributed by atoms with E-state index in [1.807, 2.05) is 0 Å². The van der Waals surface area contributed by atoms with Crippen LogP contribution in [0.4, 0.5) is 0 Å². The summed E-state index contributed by atoms with van der Waals surface area (Å²) < 4.78 is 0. The van der Waals surface area contributed by atoms with Crippen molar-refractivity contribution in [2.75, 3.05) is 0 Å². The summed E-state index contributed by atoms with van der Waals surface area (Å²) in [5.74, 6) is 0. The summed E-state index contributed by atoms with van der Waals surface area (Å²) >= 11 is 1.80. The van der Waals surface area contributed by atoms with E-state index in [0.29, 0.717) is 0 Å². The Hall–Kier alpha value is -2.64. The predicted octanol–water partition coefficient (Wildman–Crippen LogP) is 6.75. The molecule has 1 heterocycles. The van der Waals surface area contributed by atoms with Crippen molar-refractivity contribution < 1.29 is 0 Å². The molecule has 0 saturated carbocycles. The molecule has 0 atom stereocenters. The molecule has 0 aliphatic rings. The molecule has 0 radical (unpaired) electrons. The van der Waals surface area contributed by atoms with Gasteiger partial charge in [0.2, 0.25) is 0 Å². The Kier molecular flexibility index (Phi) is 3.79. The molecule has 0 aliphatic carbocycles. The zero-order valence-electron chi connectivity index (χ0n) is 12.6. The van der Waals surface area contributed by atoms with Crippen LogP contribution >= 0.6 is 11.3 Å². The lowest BCUT2D eigenvalue weighted by Crippen LogP contribution is -1.81. The van der Waals surface area contributed by atoms with Gasteiger partial charge in [0, 0.05) is 10.4 Å². The maximum Gasteiger partial charge on any atom is 0.0421 e. The van der Waals surface area contributed by atoms with Gasteiger partial charge >= 0.3 is 0 Å². The molecule has 0 fully saturated rings. The first kappa shape index (κ1) is 14.0. The van der Waals surface area contributed by atoms with E-state index in [-0.39, 0.29) is 0 Å². The molecule has 3 aromatic carbocycles. The second-order valence-corrected chi connectivity index (χ2v) is 6.39. The smallest absolute Gasteiger partial charge is 0.0421 e. The fourth-order valence-corrected chi connectivity index (χ4v) is 3.75. The Morgan fingerprint density at radius 1 is 0.435 bits per heavy atom. The summed E-state index contributed by atoms with van der Waals surface area (Å²) in [6, 6.07) is 32.2. The molecule has 0 aliphatic heterocycles. The highest BCUT2D eigenvalue weighted by molar-refractivity contribution is 7.14. The van der Waals surface area contributed by atoms with Crippen molar-refractivity contribution in [3.05, 3.63) is 96.4 Å². The van der Waals surface area contributed by atoms with Crippen LogP contribution in [0, 0.1) is 0 Å². The number of hydrogen-bond donors (Lipinski definition) is 0. The molecule has 0 unspecified atom stereocenters. The molecule has 4 rings (SSSR count). The van der Waals surface area contributed by atoms with E-state index >= 15 is 0 Å². The zero-order chi connectivity index (χ0) is 15.5. The van der Waals surface area contributed by atoms with E-state index in [4.69, 9.17) is 0 Å². The third-order valence-corrected chi connectivity index (χ3v) is 4.97. The molecular formula is C22H16S. The minimum Gasteiger partial charge on any atom is -0.143 e. The lowest BCUT2D eigenvalue weighted by molar-refractivity contribution is 1.61. The summed E-state index contributed by atoms with van der Waals surface area (Å²) in [6.45, 7) is 0. The van der Waals surface area contributed by atoms with Crippen LogP contribution in [0.5, 0.6) is 0 Å². The summed E-state index contributed by atoms with van der Waals surface area (Å²) in [7, 11) is 0. The first-order chi connectivity index (χ1) is 11.4. The van der Waals surface area contributed by atoms with Crippen molar-refractivity contribution in [3.8, 4) is 32.7 Å². The Morgan fingerprint density at radius 2 is 0.957 bits per heavy atom. The van der Waals surface area contributed by atoms with Crippen LogP contribution < -0.4 is 0 Å². The summed E-state index contributed by atoms with van der Waals surface area (Å²) in [5.41, 5.74) is 6.37. The Balaban J connectivity index is 1.72. The van der Waals surface area contributed by atoms with Crippen LogP contribution in [0.25, 0.3) is 32.7 Å². The fourth-order valence-electron chi connectivity index (χ4n) is 2.82. The quantitative estimate of drug-likeness (QED) is 0.392. The second kappa shape index (κ2) is 6.23. The molecule has 1 aromatic heterocycles. The first-order valence-corrected chi connectivity index (χ1v) is 8.58. The molecule has 23 heavy (non-hydrogen) atoms. The van der Waals surface area contributed by atoms with Gasteiger partial charge in [-0.15, -0.1) is 11.3 Å². The Labute approximate surface area is 140 Å². The van der Waals surface area contributed by atoms with Gasteiger partial charge in [-0.25, -0.2) is 0 Å². The topological polar surface area (TPSA) is 0 Å². The lowest BCUT2D eigenvalue weighted by atomic mass is 10.00. The highest BCUT2D eigenvalue weighted by atomic mass is 32.1. The Bertz CT molecular complexity index is 888. The molecule has 0 spiro atoms. The first-order valence-electron chi connectivity index (χ1n) is 7.70. The molecular weight excluding hydrogens is 296 g/mol. The largest absolute Gasteiger partial charge is 0.143 e. The van der Waals surface area contributed by atoms with Crippen LogP contribution in [0.1, 0.15) is 0 Å². The average molecular weight is 312 g/mol. The minimum absolute atomic E-state index is 1.26. The average Bonchev–Trinajstić information content (AvgIpc) is 3.13. The second-order valence-electron chi connectivity index (χ2n) is 5.47. The molecule has 4 aromatic rings. The monoisotopic (exact) mass is 312 g/mol. The van der Waals surface area contributed by atoms with Gasteiger partial charge in [-0.2, -0.15) is 0 Å². The number of benzene rings is 3. The van der Waals surface area contributed by atoms with Gasteiger partial charge in [-0.3, -0.25) is 0 Å². The highest BCUT2D eigenvalue weighted by Gasteiger charge is 2.09. The van der Waals surface area contributed by atoms with Crippen LogP contribution in [-0.4, -0.2) is 0 Å². The molecule has 0 nitrogen and oxygen atoms in total. The van der Waals surface area contributed by atoms with E-state index in [1.165, 1.54) is 32.7 Å². The van der Waals surface area contributed by atoms with E-state index in [9.17, 15) is 0 Å². The van der Waals surface area contributed by atoms with Crippen molar-refractivity contribution in [3.63, 3.8) is 0 Å². The Morgan fingerprint density at radius 3 is 1.61 bits per heavy atom. The molecule has 0 bridgehead atoms. The van der Waals surface area contributed by atoms with Gasteiger partial charge in [0.25, 0.3) is 0 Å². The van der Waals surface area contributed by atoms with Crippen LogP contribution in [0.3, 0.4) is 0 Å². The molecule has 1 heteroatoms. The summed E-state index contributed by atoms with van der Waals surface area (Å²) in [5, 5.41) is 2.17. The van der Waals surface area contributed by atoms with Crippen molar-refractivity contribution >= 4 is 11.3 Å². The molecule has 0 N–H and O–H groups in total. The summed E-state index contributed by atoms with van der Waals surface area (Å²) in [4.78, 5) is 1.33. The van der Waals surface area contributed by atoms with Gasteiger partial charge in [0.1, 0.15) is 0 Å². The van der Waals surface area contributed by atoms with Gasteiger partial charge < -0.3 is 0 Å². The van der Waals surface area contributed by atoms with E-state index in [2.05, 4.69) is 96.4 Å². The lowest BCUT2D eigenvalue weighted by Gasteiger charge is -2.06. The van der Waals surface area contributed by atoms with E-state index in [0.717, 1.165) is 0 Å². The number of rotatable bonds is 3. The normalized spacial score (nSPS) is 10.6. The third-order valence-electron chi connectivity index (χ3n) is 4.00. The van der Waals surface area contributed by atoms with Gasteiger partial charge in [-0.05, 0) is 33.7 Å². The zero-order valence-corrected chi connectivity index (χ0v) is 13.5. The van der Waals surface area contributed by atoms with Crippen molar-refractivity contribution in [2.45, 2.75) is 0 Å². The van der Waals surface area contributed by atoms with Gasteiger partial charge in [0.05, 0.1) is 0 Å². The fraction of sp³-hybridized carbons (Fsp3) is 0. The standard InChI is InChI=1S/C22H16S/c1-3-7-17(8-4-1)18-11-13-20(14-12-18)22-21(15-16-23-22)19-9-5-2-6-10-19/h1-16H. The SMILES string of the molecule is c1ccc(-c2ccc(-c3sccc3-c3ccccc3)cc2)cc1. The third kappa shape index (κ3) is 2.84. The molecule has 110 valence electrons. The predicted molar refractivity (Wildman–Crippen MR) is 101 cm³/mol. The highest BCUT2D eigenvalue weighted by Crippen LogP contribution is 2.37. The van der Waals surface area contributed by atoms with Crippen LogP contribution in [-0.2, 0) is 0 Å². The van der Waals surface area contributed by atoms with E-state index in [1.54, 1.807) is 11.3 Å². The van der Waals surface area contributed by atoms with Crippen LogP contribution in [0.15, 0.2) is 96.4 Å². The maximum absolute atomic E-state index is 2.22. The van der Waals surface area contributed by atoms with Gasteiger partial charge in [0.15, 0.2) is 0 Å². The van der Waals surface area contributed by atoms with E-state index < -0.39 is 0 Å². The van der Waals surface area contributed by atoms with Crippen molar-refractivity contribution in [1.82, 2.24) is 0 Å². The number of hydrogen-bond acceptors (Lipinski definition) is 1. The maximum atomic E-state index is 2.22. The summed E-state index contributed by atoms with van der Waals surface area (Å²) in [6.07, 6.45) is 0. The molecule has 0 amide bonds.